The molecular weight excluding hydrogens is 202 g/mol. The summed E-state index contributed by atoms with van der Waals surface area (Å²) in [4.78, 5) is 14.6. The molecule has 0 spiro atoms. The highest BCUT2D eigenvalue weighted by molar-refractivity contribution is 5.93. The standard InChI is InChI=1S/C12H15N3O/c1-13-6-5-12(16)15-10-2-3-11-9(8-10)4-7-14-11/h2-4,7-8,13-14H,5-6H2,1H3,(H,15,16). The summed E-state index contributed by atoms with van der Waals surface area (Å²) in [5.41, 5.74) is 1.92. The Hall–Kier alpha value is -1.81. The van der Waals surface area contributed by atoms with Crippen LogP contribution in [-0.2, 0) is 4.79 Å². The fraction of sp³-hybridized carbons (Fsp3) is 0.250. The summed E-state index contributed by atoms with van der Waals surface area (Å²) < 4.78 is 0. The van der Waals surface area contributed by atoms with Crippen molar-refractivity contribution in [3.05, 3.63) is 30.5 Å². The van der Waals surface area contributed by atoms with Crippen LogP contribution in [-0.4, -0.2) is 24.5 Å². The minimum Gasteiger partial charge on any atom is -0.361 e. The van der Waals surface area contributed by atoms with Crippen molar-refractivity contribution in [3.63, 3.8) is 0 Å². The second-order valence-electron chi connectivity index (χ2n) is 3.68. The lowest BCUT2D eigenvalue weighted by Gasteiger charge is -2.04. The maximum atomic E-state index is 11.5. The quantitative estimate of drug-likeness (QED) is 0.730. The molecule has 4 nitrogen and oxygen atoms in total. The first-order valence-corrected chi connectivity index (χ1v) is 5.31. The van der Waals surface area contributed by atoms with Crippen LogP contribution in [0, 0.1) is 0 Å². The average Bonchev–Trinajstić information content (AvgIpc) is 2.73. The van der Waals surface area contributed by atoms with E-state index in [1.54, 1.807) is 0 Å². The first-order chi connectivity index (χ1) is 7.79. The monoisotopic (exact) mass is 217 g/mol. The molecule has 4 heteroatoms. The molecule has 3 N–H and O–H groups in total. The Bertz CT molecular complexity index is 490. The van der Waals surface area contributed by atoms with Crippen LogP contribution in [0.5, 0.6) is 0 Å². The molecule has 0 atom stereocenters. The summed E-state index contributed by atoms with van der Waals surface area (Å²) in [5.74, 6) is 0.0317. The largest absolute Gasteiger partial charge is 0.361 e. The molecule has 0 fully saturated rings. The van der Waals surface area contributed by atoms with Crippen molar-refractivity contribution >= 4 is 22.5 Å². The van der Waals surface area contributed by atoms with Gasteiger partial charge in [-0.1, -0.05) is 0 Å². The number of carbonyl (C=O) groups excluding carboxylic acids is 1. The van der Waals surface area contributed by atoms with Crippen molar-refractivity contribution in [2.75, 3.05) is 18.9 Å². The van der Waals surface area contributed by atoms with Crippen LogP contribution in [0.2, 0.25) is 0 Å². The Morgan fingerprint density at radius 1 is 1.38 bits per heavy atom. The number of hydrogen-bond acceptors (Lipinski definition) is 2. The van der Waals surface area contributed by atoms with E-state index < -0.39 is 0 Å². The number of hydrogen-bond donors (Lipinski definition) is 3. The molecule has 84 valence electrons. The lowest BCUT2D eigenvalue weighted by molar-refractivity contribution is -0.116. The summed E-state index contributed by atoms with van der Waals surface area (Å²) >= 11 is 0. The van der Waals surface area contributed by atoms with Crippen molar-refractivity contribution in [1.29, 1.82) is 0 Å². The molecule has 0 unspecified atom stereocenters. The van der Waals surface area contributed by atoms with Crippen LogP contribution < -0.4 is 10.6 Å². The number of anilines is 1. The number of aromatic amines is 1. The molecule has 1 aromatic carbocycles. The molecule has 16 heavy (non-hydrogen) atoms. The maximum Gasteiger partial charge on any atom is 0.225 e. The summed E-state index contributed by atoms with van der Waals surface area (Å²) in [7, 11) is 1.83. The second-order valence-corrected chi connectivity index (χ2v) is 3.68. The minimum atomic E-state index is 0.0317. The molecule has 0 aliphatic rings. The zero-order chi connectivity index (χ0) is 11.4. The van der Waals surface area contributed by atoms with Gasteiger partial charge in [0, 0.05) is 35.8 Å². The Morgan fingerprint density at radius 2 is 2.25 bits per heavy atom. The van der Waals surface area contributed by atoms with Crippen LogP contribution in [0.3, 0.4) is 0 Å². The van der Waals surface area contributed by atoms with Gasteiger partial charge in [-0.2, -0.15) is 0 Å². The van der Waals surface area contributed by atoms with Gasteiger partial charge in [0.15, 0.2) is 0 Å². The highest BCUT2D eigenvalue weighted by Gasteiger charge is 2.02. The fourth-order valence-corrected chi connectivity index (χ4v) is 1.59. The zero-order valence-corrected chi connectivity index (χ0v) is 9.21. The van der Waals surface area contributed by atoms with Gasteiger partial charge in [-0.3, -0.25) is 4.79 Å². The van der Waals surface area contributed by atoms with Gasteiger partial charge in [0.1, 0.15) is 0 Å². The Kier molecular flexibility index (Phi) is 3.22. The van der Waals surface area contributed by atoms with E-state index in [2.05, 4.69) is 15.6 Å². The topological polar surface area (TPSA) is 56.9 Å². The highest BCUT2D eigenvalue weighted by Crippen LogP contribution is 2.17. The fourth-order valence-electron chi connectivity index (χ4n) is 1.59. The first kappa shape index (κ1) is 10.7. The molecule has 0 aliphatic heterocycles. The normalized spacial score (nSPS) is 10.6. The highest BCUT2D eigenvalue weighted by atomic mass is 16.1. The third-order valence-corrected chi connectivity index (χ3v) is 2.44. The molecule has 0 bridgehead atoms. The number of aromatic nitrogens is 1. The molecule has 0 aliphatic carbocycles. The van der Waals surface area contributed by atoms with Gasteiger partial charge in [-0.05, 0) is 31.3 Å². The molecule has 0 radical (unpaired) electrons. The Labute approximate surface area is 94.0 Å². The van der Waals surface area contributed by atoms with Gasteiger partial charge < -0.3 is 15.6 Å². The molecule has 1 amide bonds. The predicted octanol–water partition coefficient (Wildman–Crippen LogP) is 1.72. The summed E-state index contributed by atoms with van der Waals surface area (Å²) in [5, 5.41) is 6.91. The van der Waals surface area contributed by atoms with E-state index in [0.717, 1.165) is 16.6 Å². The van der Waals surface area contributed by atoms with E-state index in [1.807, 2.05) is 37.5 Å². The van der Waals surface area contributed by atoms with Crippen LogP contribution in [0.25, 0.3) is 10.9 Å². The lowest BCUT2D eigenvalue weighted by Crippen LogP contribution is -2.18. The van der Waals surface area contributed by atoms with Gasteiger partial charge in [0.25, 0.3) is 0 Å². The van der Waals surface area contributed by atoms with E-state index in [1.165, 1.54) is 0 Å². The molecule has 2 aromatic rings. The number of benzene rings is 1. The molecule has 1 heterocycles. The molecule has 2 rings (SSSR count). The van der Waals surface area contributed by atoms with Gasteiger partial charge in [0.2, 0.25) is 5.91 Å². The van der Waals surface area contributed by atoms with Crippen LogP contribution >= 0.6 is 0 Å². The lowest BCUT2D eigenvalue weighted by atomic mass is 10.2. The average molecular weight is 217 g/mol. The summed E-state index contributed by atoms with van der Waals surface area (Å²) in [6, 6.07) is 7.81. The number of nitrogens with one attached hydrogen (secondary N) is 3. The smallest absolute Gasteiger partial charge is 0.225 e. The number of H-pyrrole nitrogens is 1. The Morgan fingerprint density at radius 3 is 3.06 bits per heavy atom. The molecule has 1 aromatic heterocycles. The van der Waals surface area contributed by atoms with Crippen molar-refractivity contribution in [3.8, 4) is 0 Å². The summed E-state index contributed by atoms with van der Waals surface area (Å²) in [6.45, 7) is 0.693. The van der Waals surface area contributed by atoms with Crippen molar-refractivity contribution in [1.82, 2.24) is 10.3 Å². The van der Waals surface area contributed by atoms with Gasteiger partial charge in [0.05, 0.1) is 0 Å². The molecule has 0 saturated heterocycles. The van der Waals surface area contributed by atoms with E-state index >= 15 is 0 Å². The van der Waals surface area contributed by atoms with Gasteiger partial charge in [-0.25, -0.2) is 0 Å². The summed E-state index contributed by atoms with van der Waals surface area (Å²) in [6.07, 6.45) is 2.37. The van der Waals surface area contributed by atoms with E-state index in [-0.39, 0.29) is 5.91 Å². The molecule has 0 saturated carbocycles. The van der Waals surface area contributed by atoms with Gasteiger partial charge >= 0.3 is 0 Å². The van der Waals surface area contributed by atoms with Gasteiger partial charge in [-0.15, -0.1) is 0 Å². The van der Waals surface area contributed by atoms with Crippen LogP contribution in [0.4, 0.5) is 5.69 Å². The van der Waals surface area contributed by atoms with Crippen molar-refractivity contribution < 1.29 is 4.79 Å². The van der Waals surface area contributed by atoms with Crippen LogP contribution in [0.15, 0.2) is 30.5 Å². The number of carbonyl (C=O) groups is 1. The predicted molar refractivity (Wildman–Crippen MR) is 65.5 cm³/mol. The molecular formula is C12H15N3O. The second kappa shape index (κ2) is 4.81. The number of fused-ring (bicyclic) bond motifs is 1. The third kappa shape index (κ3) is 2.41. The van der Waals surface area contributed by atoms with E-state index in [0.29, 0.717) is 13.0 Å². The zero-order valence-electron chi connectivity index (χ0n) is 9.21. The van der Waals surface area contributed by atoms with Crippen LogP contribution in [0.1, 0.15) is 6.42 Å². The first-order valence-electron chi connectivity index (χ1n) is 5.31. The van der Waals surface area contributed by atoms with Crippen molar-refractivity contribution in [2.45, 2.75) is 6.42 Å². The number of rotatable bonds is 4. The minimum absolute atomic E-state index is 0.0317. The maximum absolute atomic E-state index is 11.5. The van der Waals surface area contributed by atoms with E-state index in [9.17, 15) is 4.79 Å². The third-order valence-electron chi connectivity index (χ3n) is 2.44. The SMILES string of the molecule is CNCCC(=O)Nc1ccc2[nH]ccc2c1. The Balaban J connectivity index is 2.06. The van der Waals surface area contributed by atoms with E-state index in [4.69, 9.17) is 0 Å². The number of amides is 1. The van der Waals surface area contributed by atoms with Crippen molar-refractivity contribution in [2.24, 2.45) is 0 Å².